The molecule has 0 saturated carbocycles. The van der Waals surface area contributed by atoms with E-state index in [1.54, 1.807) is 17.1 Å². The molecular formula is C15H22N2O3. The lowest BCUT2D eigenvalue weighted by atomic mass is 9.93. The fourth-order valence-electron chi connectivity index (χ4n) is 2.52. The first-order chi connectivity index (χ1) is 9.49. The van der Waals surface area contributed by atoms with Gasteiger partial charge in [-0.1, -0.05) is 23.8 Å². The van der Waals surface area contributed by atoms with Crippen LogP contribution in [-0.4, -0.2) is 40.6 Å². The van der Waals surface area contributed by atoms with Gasteiger partial charge in [0.25, 0.3) is 0 Å². The molecule has 1 aliphatic rings. The lowest BCUT2D eigenvalue weighted by Gasteiger charge is -2.40. The maximum Gasteiger partial charge on any atom is 0.323 e. The van der Waals surface area contributed by atoms with Gasteiger partial charge in [-0.2, -0.15) is 0 Å². The van der Waals surface area contributed by atoms with Crippen molar-refractivity contribution in [3.05, 3.63) is 37.0 Å². The molecule has 0 unspecified atom stereocenters. The van der Waals surface area contributed by atoms with E-state index < -0.39 is 5.97 Å². The average molecular weight is 278 g/mol. The Kier molecular flexibility index (Phi) is 6.03. The molecule has 2 amide bonds. The number of aliphatic carboxylic acids is 1. The van der Waals surface area contributed by atoms with Crippen LogP contribution in [0.2, 0.25) is 0 Å². The van der Waals surface area contributed by atoms with Gasteiger partial charge in [-0.15, -0.1) is 13.2 Å². The maximum absolute atomic E-state index is 12.2. The van der Waals surface area contributed by atoms with Crippen molar-refractivity contribution < 1.29 is 14.7 Å². The van der Waals surface area contributed by atoms with Crippen molar-refractivity contribution in [1.82, 2.24) is 10.2 Å². The largest absolute Gasteiger partial charge is 0.480 e. The highest BCUT2D eigenvalue weighted by molar-refractivity contribution is 5.80. The highest BCUT2D eigenvalue weighted by Gasteiger charge is 2.31. The molecule has 0 bridgehead atoms. The monoisotopic (exact) mass is 278 g/mol. The molecule has 0 aromatic heterocycles. The van der Waals surface area contributed by atoms with E-state index >= 15 is 0 Å². The first-order valence-electron chi connectivity index (χ1n) is 6.66. The van der Waals surface area contributed by atoms with Crippen LogP contribution in [0.3, 0.4) is 0 Å². The summed E-state index contributed by atoms with van der Waals surface area (Å²) < 4.78 is 0. The fourth-order valence-corrected chi connectivity index (χ4v) is 2.52. The normalized spacial score (nSPS) is 21.9. The number of carboxylic acid groups (broad SMARTS) is 1. The third-order valence-corrected chi connectivity index (χ3v) is 3.26. The molecule has 2 N–H and O–H groups in total. The lowest BCUT2D eigenvalue weighted by Crippen LogP contribution is -2.53. The molecule has 5 nitrogen and oxygen atoms in total. The van der Waals surface area contributed by atoms with Gasteiger partial charge in [-0.25, -0.2) is 4.79 Å². The Morgan fingerprint density at radius 2 is 2.10 bits per heavy atom. The summed E-state index contributed by atoms with van der Waals surface area (Å²) in [5.74, 6) is -1.05. The maximum atomic E-state index is 12.2. The van der Waals surface area contributed by atoms with Gasteiger partial charge in [-0.05, 0) is 26.2 Å². The van der Waals surface area contributed by atoms with Crippen molar-refractivity contribution in [3.8, 4) is 0 Å². The van der Waals surface area contributed by atoms with Crippen molar-refractivity contribution in [3.63, 3.8) is 0 Å². The number of hydrogen-bond acceptors (Lipinski definition) is 2. The molecule has 110 valence electrons. The number of nitrogens with one attached hydrogen (secondary N) is 1. The van der Waals surface area contributed by atoms with Crippen LogP contribution in [0.4, 0.5) is 4.79 Å². The number of nitrogens with zero attached hydrogens (tertiary/aromatic N) is 1. The minimum absolute atomic E-state index is 0.0104. The van der Waals surface area contributed by atoms with E-state index in [1.165, 1.54) is 5.57 Å². The average Bonchev–Trinajstić information content (AvgIpc) is 2.36. The third-order valence-electron chi connectivity index (χ3n) is 3.26. The Bertz CT molecular complexity index is 429. The Morgan fingerprint density at radius 1 is 1.45 bits per heavy atom. The molecule has 0 aromatic carbocycles. The second-order valence-corrected chi connectivity index (χ2v) is 4.95. The molecule has 0 aromatic rings. The Labute approximate surface area is 119 Å². The van der Waals surface area contributed by atoms with E-state index in [9.17, 15) is 9.59 Å². The zero-order chi connectivity index (χ0) is 15.1. The summed E-state index contributed by atoms with van der Waals surface area (Å²) in [5, 5.41) is 11.1. The first kappa shape index (κ1) is 16.0. The van der Waals surface area contributed by atoms with Crippen LogP contribution in [-0.2, 0) is 4.79 Å². The topological polar surface area (TPSA) is 69.6 Å². The highest BCUT2D eigenvalue weighted by Crippen LogP contribution is 2.26. The SMILES string of the molecule is C=CC[C@H]1CC(C)=C[C@H](CC=C)N1C(=O)NCC(=O)O. The van der Waals surface area contributed by atoms with Gasteiger partial charge >= 0.3 is 12.0 Å². The van der Waals surface area contributed by atoms with Crippen LogP contribution in [0.15, 0.2) is 37.0 Å². The van der Waals surface area contributed by atoms with Crippen molar-refractivity contribution in [2.45, 2.75) is 38.3 Å². The van der Waals surface area contributed by atoms with Crippen molar-refractivity contribution in [2.75, 3.05) is 6.54 Å². The molecule has 2 atom stereocenters. The smallest absolute Gasteiger partial charge is 0.323 e. The van der Waals surface area contributed by atoms with Gasteiger partial charge in [0, 0.05) is 6.04 Å². The highest BCUT2D eigenvalue weighted by atomic mass is 16.4. The Morgan fingerprint density at radius 3 is 2.65 bits per heavy atom. The van der Waals surface area contributed by atoms with Crippen molar-refractivity contribution in [2.24, 2.45) is 0 Å². The number of carbonyl (C=O) groups is 2. The second kappa shape index (κ2) is 7.53. The molecule has 20 heavy (non-hydrogen) atoms. The molecule has 0 fully saturated rings. The molecule has 5 heteroatoms. The summed E-state index contributed by atoms with van der Waals surface area (Å²) in [6, 6.07) is -0.425. The molecule has 0 radical (unpaired) electrons. The van der Waals surface area contributed by atoms with E-state index in [1.807, 2.05) is 13.0 Å². The van der Waals surface area contributed by atoms with Gasteiger partial charge in [0.15, 0.2) is 0 Å². The van der Waals surface area contributed by atoms with Crippen LogP contribution in [0.1, 0.15) is 26.2 Å². The number of amides is 2. The van der Waals surface area contributed by atoms with E-state index in [4.69, 9.17) is 5.11 Å². The molecule has 1 rings (SSSR count). The third kappa shape index (κ3) is 4.26. The first-order valence-corrected chi connectivity index (χ1v) is 6.66. The molecule has 0 aliphatic carbocycles. The minimum Gasteiger partial charge on any atom is -0.480 e. The standard InChI is InChI=1S/C15H22N2O3/c1-4-6-12-8-11(3)9-13(7-5-2)17(12)15(20)16-10-14(18)19/h4-5,8,12-13H,1-2,6-7,9-10H2,3H3,(H,16,20)(H,18,19)/t12-,13-/m0/s1. The summed E-state index contributed by atoms with van der Waals surface area (Å²) in [5.41, 5.74) is 1.23. The zero-order valence-electron chi connectivity index (χ0n) is 11.8. The molecule has 0 spiro atoms. The predicted octanol–water partition coefficient (Wildman–Crippen LogP) is 2.32. The summed E-state index contributed by atoms with van der Waals surface area (Å²) in [6.45, 7) is 9.11. The number of hydrogen-bond donors (Lipinski definition) is 2. The van der Waals surface area contributed by atoms with E-state index in [-0.39, 0.29) is 24.7 Å². The summed E-state index contributed by atoms with van der Waals surface area (Å²) >= 11 is 0. The van der Waals surface area contributed by atoms with Gasteiger partial charge in [0.1, 0.15) is 6.54 Å². The fraction of sp³-hybridized carbons (Fsp3) is 0.467. The predicted molar refractivity (Wildman–Crippen MR) is 78.5 cm³/mol. The van der Waals surface area contributed by atoms with Crippen molar-refractivity contribution in [1.29, 1.82) is 0 Å². The molecular weight excluding hydrogens is 256 g/mol. The van der Waals surface area contributed by atoms with E-state index in [2.05, 4.69) is 18.5 Å². The molecule has 0 saturated heterocycles. The van der Waals surface area contributed by atoms with Gasteiger partial charge in [0.2, 0.25) is 0 Å². The van der Waals surface area contributed by atoms with Crippen LogP contribution in [0.25, 0.3) is 0 Å². The van der Waals surface area contributed by atoms with Crippen LogP contribution in [0, 0.1) is 0 Å². The van der Waals surface area contributed by atoms with Gasteiger partial charge < -0.3 is 15.3 Å². The number of carbonyl (C=O) groups excluding carboxylic acids is 1. The van der Waals surface area contributed by atoms with Crippen LogP contribution < -0.4 is 5.32 Å². The van der Waals surface area contributed by atoms with Crippen molar-refractivity contribution >= 4 is 12.0 Å². The second-order valence-electron chi connectivity index (χ2n) is 4.95. The number of rotatable bonds is 6. The van der Waals surface area contributed by atoms with Gasteiger partial charge in [0.05, 0.1) is 6.04 Å². The summed E-state index contributed by atoms with van der Waals surface area (Å²) in [6.07, 6.45) is 7.69. The Balaban J connectivity index is 2.91. The minimum atomic E-state index is -1.05. The molecule has 1 aliphatic heterocycles. The Hall–Kier alpha value is -2.04. The lowest BCUT2D eigenvalue weighted by molar-refractivity contribution is -0.135. The summed E-state index contributed by atoms with van der Waals surface area (Å²) in [7, 11) is 0. The van der Waals surface area contributed by atoms with Gasteiger partial charge in [-0.3, -0.25) is 4.79 Å². The van der Waals surface area contributed by atoms with Crippen LogP contribution >= 0.6 is 0 Å². The van der Waals surface area contributed by atoms with Crippen LogP contribution in [0.5, 0.6) is 0 Å². The quantitative estimate of drug-likeness (QED) is 0.733. The number of carboxylic acids is 1. The zero-order valence-corrected chi connectivity index (χ0v) is 11.8. The molecule has 1 heterocycles. The number of urea groups is 1. The summed E-state index contributed by atoms with van der Waals surface area (Å²) in [4.78, 5) is 24.5. The van der Waals surface area contributed by atoms with E-state index in [0.29, 0.717) is 12.8 Å². The van der Waals surface area contributed by atoms with E-state index in [0.717, 1.165) is 6.42 Å².